The molecular formula is C10H16O2. The zero-order valence-electron chi connectivity index (χ0n) is 7.80. The Bertz CT molecular complexity index is 222. The summed E-state index contributed by atoms with van der Waals surface area (Å²) in [4.78, 5) is 0. The van der Waals surface area contributed by atoms with Crippen molar-refractivity contribution in [3.05, 3.63) is 0 Å². The van der Waals surface area contributed by atoms with Gasteiger partial charge in [-0.15, -0.1) is 0 Å². The maximum atomic E-state index is 5.66. The molecule has 3 fully saturated rings. The lowest BCUT2D eigenvalue weighted by Crippen LogP contribution is -2.29. The lowest BCUT2D eigenvalue weighted by atomic mass is 9.77. The summed E-state index contributed by atoms with van der Waals surface area (Å²) in [6.45, 7) is 5.45. The lowest BCUT2D eigenvalue weighted by molar-refractivity contribution is 0.191. The molecule has 0 spiro atoms. The van der Waals surface area contributed by atoms with E-state index in [1.54, 1.807) is 0 Å². The first-order valence-corrected chi connectivity index (χ1v) is 4.94. The summed E-state index contributed by atoms with van der Waals surface area (Å²) in [5.74, 6) is 0.762. The smallest absolute Gasteiger partial charge is 0.0920 e. The van der Waals surface area contributed by atoms with Crippen LogP contribution in [0.4, 0.5) is 0 Å². The molecule has 3 rings (SSSR count). The molecule has 12 heavy (non-hydrogen) atoms. The molecule has 3 aliphatic rings. The Morgan fingerprint density at radius 1 is 1.25 bits per heavy atom. The van der Waals surface area contributed by atoms with Crippen LogP contribution in [0.3, 0.4) is 0 Å². The highest BCUT2D eigenvalue weighted by atomic mass is 16.6. The predicted octanol–water partition coefficient (Wildman–Crippen LogP) is 1.73. The second kappa shape index (κ2) is 1.88. The standard InChI is InChI=1S/C10H16O2/c1-9-4-3-7(5-8(9)12-9)10(2)6-11-10/h7-8H,3-6H2,1-2H3/t7-,8?,9?,10?/m1/s1. The van der Waals surface area contributed by atoms with Crippen LogP contribution in [0.15, 0.2) is 0 Å². The molecule has 2 heteroatoms. The minimum Gasteiger partial charge on any atom is -0.370 e. The van der Waals surface area contributed by atoms with Crippen molar-refractivity contribution >= 4 is 0 Å². The van der Waals surface area contributed by atoms with Gasteiger partial charge in [0.15, 0.2) is 0 Å². The van der Waals surface area contributed by atoms with E-state index >= 15 is 0 Å². The Kier molecular flexibility index (Phi) is 1.15. The van der Waals surface area contributed by atoms with Gasteiger partial charge in [-0.1, -0.05) is 0 Å². The molecule has 0 aromatic carbocycles. The molecule has 4 atom stereocenters. The van der Waals surface area contributed by atoms with E-state index in [-0.39, 0.29) is 11.2 Å². The van der Waals surface area contributed by atoms with Crippen molar-refractivity contribution in [2.45, 2.75) is 50.4 Å². The van der Waals surface area contributed by atoms with Gasteiger partial charge in [-0.05, 0) is 39.0 Å². The largest absolute Gasteiger partial charge is 0.370 e. The van der Waals surface area contributed by atoms with Crippen LogP contribution in [-0.2, 0) is 9.47 Å². The third kappa shape index (κ3) is 0.882. The van der Waals surface area contributed by atoms with Crippen molar-refractivity contribution in [1.82, 2.24) is 0 Å². The van der Waals surface area contributed by atoms with Gasteiger partial charge < -0.3 is 9.47 Å². The fraction of sp³-hybridized carbons (Fsp3) is 1.00. The van der Waals surface area contributed by atoms with Gasteiger partial charge in [-0.3, -0.25) is 0 Å². The molecule has 1 aliphatic carbocycles. The van der Waals surface area contributed by atoms with Gasteiger partial charge in [0, 0.05) is 0 Å². The molecule has 0 amide bonds. The summed E-state index contributed by atoms with van der Waals surface area (Å²) in [6, 6.07) is 0. The molecule has 2 aliphatic heterocycles. The van der Waals surface area contributed by atoms with Crippen molar-refractivity contribution in [3.8, 4) is 0 Å². The Hall–Kier alpha value is -0.0800. The van der Waals surface area contributed by atoms with E-state index in [2.05, 4.69) is 13.8 Å². The summed E-state index contributed by atoms with van der Waals surface area (Å²) in [7, 11) is 0. The molecular weight excluding hydrogens is 152 g/mol. The molecule has 3 unspecified atom stereocenters. The van der Waals surface area contributed by atoms with Gasteiger partial charge in [-0.25, -0.2) is 0 Å². The fourth-order valence-corrected chi connectivity index (χ4v) is 2.55. The van der Waals surface area contributed by atoms with Crippen molar-refractivity contribution in [2.24, 2.45) is 5.92 Å². The third-order valence-electron chi connectivity index (χ3n) is 3.99. The van der Waals surface area contributed by atoms with Crippen molar-refractivity contribution in [1.29, 1.82) is 0 Å². The SMILES string of the molecule is CC12CC[C@@H](C3(C)CO3)CC1O2. The lowest BCUT2D eigenvalue weighted by Gasteiger charge is -2.25. The number of hydrogen-bond donors (Lipinski definition) is 0. The van der Waals surface area contributed by atoms with Crippen LogP contribution < -0.4 is 0 Å². The first-order valence-electron chi connectivity index (χ1n) is 4.94. The summed E-state index contributed by atoms with van der Waals surface area (Å²) < 4.78 is 11.1. The van der Waals surface area contributed by atoms with Crippen molar-refractivity contribution < 1.29 is 9.47 Å². The molecule has 0 bridgehead atoms. The quantitative estimate of drug-likeness (QED) is 0.557. The van der Waals surface area contributed by atoms with E-state index < -0.39 is 0 Å². The summed E-state index contributed by atoms with van der Waals surface area (Å²) in [5, 5.41) is 0. The average Bonchev–Trinajstić information content (AvgIpc) is 2.86. The van der Waals surface area contributed by atoms with E-state index in [0.29, 0.717) is 6.10 Å². The maximum Gasteiger partial charge on any atom is 0.0920 e. The van der Waals surface area contributed by atoms with Crippen LogP contribution in [0.5, 0.6) is 0 Å². The molecule has 1 saturated carbocycles. The first-order chi connectivity index (χ1) is 5.62. The summed E-state index contributed by atoms with van der Waals surface area (Å²) in [6.07, 6.45) is 4.31. The van der Waals surface area contributed by atoms with E-state index in [1.165, 1.54) is 19.3 Å². The normalized spacial score (nSPS) is 62.5. The van der Waals surface area contributed by atoms with Gasteiger partial charge in [-0.2, -0.15) is 0 Å². The molecule has 2 saturated heterocycles. The molecule has 0 aromatic heterocycles. The van der Waals surface area contributed by atoms with Crippen LogP contribution in [0.2, 0.25) is 0 Å². The minimum atomic E-state index is 0.229. The maximum absolute atomic E-state index is 5.66. The highest BCUT2D eigenvalue weighted by Crippen LogP contribution is 2.54. The Morgan fingerprint density at radius 2 is 2.00 bits per heavy atom. The molecule has 0 radical (unpaired) electrons. The molecule has 68 valence electrons. The van der Waals surface area contributed by atoms with E-state index in [4.69, 9.17) is 9.47 Å². The van der Waals surface area contributed by atoms with Gasteiger partial charge in [0.1, 0.15) is 0 Å². The van der Waals surface area contributed by atoms with Crippen LogP contribution >= 0.6 is 0 Å². The number of fused-ring (bicyclic) bond motifs is 1. The monoisotopic (exact) mass is 168 g/mol. The third-order valence-corrected chi connectivity index (χ3v) is 3.99. The van der Waals surface area contributed by atoms with Gasteiger partial charge in [0.25, 0.3) is 0 Å². The summed E-state index contributed by atoms with van der Waals surface area (Å²) in [5.41, 5.74) is 0.495. The summed E-state index contributed by atoms with van der Waals surface area (Å²) >= 11 is 0. The Morgan fingerprint density at radius 3 is 2.58 bits per heavy atom. The number of ether oxygens (including phenoxy) is 2. The van der Waals surface area contributed by atoms with Crippen LogP contribution in [0, 0.1) is 5.92 Å². The molecule has 2 nitrogen and oxygen atoms in total. The van der Waals surface area contributed by atoms with Crippen molar-refractivity contribution in [3.63, 3.8) is 0 Å². The number of rotatable bonds is 1. The van der Waals surface area contributed by atoms with E-state index in [1.807, 2.05) is 0 Å². The van der Waals surface area contributed by atoms with Gasteiger partial charge in [0.05, 0.1) is 23.9 Å². The number of epoxide rings is 2. The van der Waals surface area contributed by atoms with Crippen LogP contribution in [0.25, 0.3) is 0 Å². The highest BCUT2D eigenvalue weighted by molar-refractivity contribution is 5.08. The topological polar surface area (TPSA) is 25.1 Å². The van der Waals surface area contributed by atoms with Crippen LogP contribution in [-0.4, -0.2) is 23.9 Å². The Labute approximate surface area is 73.2 Å². The zero-order valence-corrected chi connectivity index (χ0v) is 7.80. The first kappa shape index (κ1) is 7.34. The number of hydrogen-bond acceptors (Lipinski definition) is 2. The second-order valence-corrected chi connectivity index (χ2v) is 4.99. The Balaban J connectivity index is 1.70. The van der Waals surface area contributed by atoms with Crippen molar-refractivity contribution in [2.75, 3.05) is 6.61 Å². The van der Waals surface area contributed by atoms with Gasteiger partial charge >= 0.3 is 0 Å². The highest BCUT2D eigenvalue weighted by Gasteiger charge is 2.60. The molecule has 2 heterocycles. The average molecular weight is 168 g/mol. The van der Waals surface area contributed by atoms with E-state index in [9.17, 15) is 0 Å². The second-order valence-electron chi connectivity index (χ2n) is 4.99. The molecule has 0 N–H and O–H groups in total. The fourth-order valence-electron chi connectivity index (χ4n) is 2.55. The van der Waals surface area contributed by atoms with Crippen LogP contribution in [0.1, 0.15) is 33.1 Å². The van der Waals surface area contributed by atoms with E-state index in [0.717, 1.165) is 12.5 Å². The predicted molar refractivity (Wildman–Crippen MR) is 45.0 cm³/mol. The zero-order chi connectivity index (χ0) is 8.40. The minimum absolute atomic E-state index is 0.229. The van der Waals surface area contributed by atoms with Gasteiger partial charge in [0.2, 0.25) is 0 Å². The molecule has 0 aromatic rings.